The molecular weight excluding hydrogens is 1430 g/mol. The zero-order valence-electron chi connectivity index (χ0n) is 59.1. The highest BCUT2D eigenvalue weighted by molar-refractivity contribution is 6.21. The number of alkyl halides is 4. The molecule has 0 aliphatic carbocycles. The van der Waals surface area contributed by atoms with Crippen molar-refractivity contribution in [2.45, 2.75) is 88.3 Å². The number of carbonyl (C=O) groups is 8. The molecule has 2 saturated heterocycles. The largest absolute Gasteiger partial charge is 0.494 e. The minimum absolute atomic E-state index is 0.00724. The number of allylic oxidation sites excluding steroid dienone is 1. The third-order valence-electron chi connectivity index (χ3n) is 17.5. The summed E-state index contributed by atoms with van der Waals surface area (Å²) in [4.78, 5) is 164. The number of rotatable bonds is 48. The number of aromatic nitrogens is 1. The first-order valence-electron chi connectivity index (χ1n) is 34.6. The maximum absolute atomic E-state index is 13.9. The molecule has 0 saturated carbocycles. The number of nitrogens with one attached hydrogen (secondary N) is 9. The SMILES string of the molecule is C=Nc1ccc(OCCCCNc2c(NCCN(CCNCC(=O)O)CCN(CCNC(CCC(=O)NCCNc3c(NCCCCOc4ccc5nccc(C(=O)NCC(=O)N6CC(F)(F)C[C@H]6C#N)c5c4)c(=O)c3=O)C(=O)O)CC(=O)O)c(=O)c2=O)cc1/C(=C\C)C(=O)NCC(=O)N1CC(F)(F)C[C@H]1C#N. The number of carboxylic acid groups (broad SMARTS) is 3. The normalized spacial score (nSPS) is 15.5. The van der Waals surface area contributed by atoms with E-state index in [0.29, 0.717) is 59.3 Å². The number of likely N-dealkylation sites (tertiary alicyclic amines) is 2. The molecule has 7 rings (SSSR count). The Balaban J connectivity index is 0.781. The Hall–Kier alpha value is -11.5. The van der Waals surface area contributed by atoms with Crippen LogP contribution in [0.1, 0.15) is 74.2 Å². The van der Waals surface area contributed by atoms with E-state index in [-0.39, 0.29) is 145 Å². The molecule has 0 bridgehead atoms. The summed E-state index contributed by atoms with van der Waals surface area (Å²) in [6.07, 6.45) is 2.75. The lowest BCUT2D eigenvalue weighted by molar-refractivity contribution is -0.140. The first kappa shape index (κ1) is 83.8. The fraction of sp³-hybridized carbons (Fsp3) is 0.486. The van der Waals surface area contributed by atoms with Gasteiger partial charge in [-0.15, -0.1) is 0 Å². The van der Waals surface area contributed by atoms with E-state index >= 15 is 0 Å². The van der Waals surface area contributed by atoms with E-state index in [0.717, 1.165) is 9.80 Å². The molecule has 34 nitrogen and oxygen atoms in total. The molecule has 2 aliphatic rings. The Labute approximate surface area is 615 Å². The van der Waals surface area contributed by atoms with Gasteiger partial charge in [0.05, 0.1) is 81.4 Å². The quantitative estimate of drug-likeness (QED) is 0.00846. The number of anilines is 4. The zero-order chi connectivity index (χ0) is 78.7. The highest BCUT2D eigenvalue weighted by atomic mass is 19.3. The molecule has 108 heavy (non-hydrogen) atoms. The van der Waals surface area contributed by atoms with Gasteiger partial charge in [-0.3, -0.25) is 77.3 Å². The van der Waals surface area contributed by atoms with E-state index in [9.17, 15) is 101 Å². The van der Waals surface area contributed by atoms with Gasteiger partial charge in [-0.1, -0.05) is 6.08 Å². The monoisotopic (exact) mass is 1510 g/mol. The minimum Gasteiger partial charge on any atom is -0.494 e. The highest BCUT2D eigenvalue weighted by Gasteiger charge is 2.48. The van der Waals surface area contributed by atoms with Crippen LogP contribution in [-0.4, -0.2) is 255 Å². The van der Waals surface area contributed by atoms with Crippen molar-refractivity contribution in [2.24, 2.45) is 4.99 Å². The molecule has 2 aliphatic heterocycles. The summed E-state index contributed by atoms with van der Waals surface area (Å²) in [7, 11) is 0. The second kappa shape index (κ2) is 40.3. The average molecular weight is 1510 g/mol. The summed E-state index contributed by atoms with van der Waals surface area (Å²) in [5, 5.41) is 72.7. The summed E-state index contributed by atoms with van der Waals surface area (Å²) in [5.41, 5.74) is -1.53. The Morgan fingerprint density at radius 1 is 0.648 bits per heavy atom. The number of benzene rings is 2. The van der Waals surface area contributed by atoms with E-state index < -0.39 is 145 Å². The molecule has 0 spiro atoms. The number of aliphatic carboxylic acids is 3. The number of halogens is 4. The molecule has 4 aromatic carbocycles. The van der Waals surface area contributed by atoms with Crippen molar-refractivity contribution in [3.63, 3.8) is 0 Å². The van der Waals surface area contributed by atoms with Crippen LogP contribution < -0.4 is 79.0 Å². The topological polar surface area (TPSA) is 478 Å². The smallest absolute Gasteiger partial charge is 0.320 e. The van der Waals surface area contributed by atoms with E-state index in [1.165, 1.54) is 18.3 Å². The number of unbranched alkanes of at least 4 members (excludes halogenated alkanes) is 2. The van der Waals surface area contributed by atoms with Crippen LogP contribution in [0.5, 0.6) is 11.5 Å². The Morgan fingerprint density at radius 2 is 1.19 bits per heavy atom. The summed E-state index contributed by atoms with van der Waals surface area (Å²) < 4.78 is 67.5. The van der Waals surface area contributed by atoms with Gasteiger partial charge in [0.1, 0.15) is 52.4 Å². The molecule has 12 N–H and O–H groups in total. The predicted molar refractivity (Wildman–Crippen MR) is 387 cm³/mol. The second-order valence-electron chi connectivity index (χ2n) is 25.3. The van der Waals surface area contributed by atoms with Crippen molar-refractivity contribution in [2.75, 3.05) is 152 Å². The summed E-state index contributed by atoms with van der Waals surface area (Å²) in [6, 6.07) is 10.5. The first-order valence-corrected chi connectivity index (χ1v) is 34.6. The predicted octanol–water partition coefficient (Wildman–Crippen LogP) is 0.896. The molecule has 0 radical (unpaired) electrons. The van der Waals surface area contributed by atoms with Gasteiger partial charge in [0.25, 0.3) is 45.4 Å². The number of fused-ring (bicyclic) bond motifs is 1. The molecule has 5 amide bonds. The lowest BCUT2D eigenvalue weighted by atomic mass is 10.0. The maximum Gasteiger partial charge on any atom is 0.320 e. The van der Waals surface area contributed by atoms with Crippen molar-refractivity contribution in [1.29, 1.82) is 10.5 Å². The Morgan fingerprint density at radius 3 is 1.74 bits per heavy atom. The fourth-order valence-corrected chi connectivity index (χ4v) is 11.9. The van der Waals surface area contributed by atoms with E-state index in [2.05, 4.69) is 64.5 Å². The fourth-order valence-electron chi connectivity index (χ4n) is 11.9. The van der Waals surface area contributed by atoms with Crippen LogP contribution in [0.2, 0.25) is 0 Å². The van der Waals surface area contributed by atoms with Crippen molar-refractivity contribution in [3.05, 3.63) is 107 Å². The number of nitrogens with zero attached hydrogens (tertiary/aromatic N) is 8. The van der Waals surface area contributed by atoms with E-state index in [4.69, 9.17) is 9.47 Å². The number of hydrogen-bond acceptors (Lipinski definition) is 26. The van der Waals surface area contributed by atoms with E-state index in [1.807, 2.05) is 4.90 Å². The van der Waals surface area contributed by atoms with Crippen LogP contribution >= 0.6 is 0 Å². The number of carbonyl (C=O) groups excluding carboxylic acids is 5. The van der Waals surface area contributed by atoms with E-state index in [1.54, 1.807) is 60.4 Å². The lowest BCUT2D eigenvalue weighted by Gasteiger charge is -2.28. The van der Waals surface area contributed by atoms with Crippen LogP contribution in [0.3, 0.4) is 0 Å². The third kappa shape index (κ3) is 24.3. The molecule has 580 valence electrons. The van der Waals surface area contributed by atoms with Crippen LogP contribution in [0.15, 0.2) is 78.9 Å². The van der Waals surface area contributed by atoms with Crippen LogP contribution in [-0.2, 0) is 33.6 Å². The van der Waals surface area contributed by atoms with Crippen molar-refractivity contribution in [3.8, 4) is 23.6 Å². The first-order chi connectivity index (χ1) is 51.6. The molecule has 1 unspecified atom stereocenters. The molecule has 3 heterocycles. The zero-order valence-corrected chi connectivity index (χ0v) is 59.1. The van der Waals surface area contributed by atoms with Gasteiger partial charge in [0.15, 0.2) is 0 Å². The summed E-state index contributed by atoms with van der Waals surface area (Å²) >= 11 is 0. The lowest BCUT2D eigenvalue weighted by Crippen LogP contribution is -2.46. The number of pyridine rings is 1. The molecule has 1 aromatic heterocycles. The molecule has 5 aromatic rings. The summed E-state index contributed by atoms with van der Waals surface area (Å²) in [6.45, 7) is 3.38. The van der Waals surface area contributed by atoms with Gasteiger partial charge in [-0.05, 0) is 88.2 Å². The number of ether oxygens (including phenoxy) is 2. The Bertz CT molecular complexity index is 4340. The molecular formula is C70H85F4N17O17. The van der Waals surface area contributed by atoms with Gasteiger partial charge < -0.3 is 82.4 Å². The number of hydrogen-bond donors (Lipinski definition) is 12. The van der Waals surface area contributed by atoms with Gasteiger partial charge >= 0.3 is 17.9 Å². The van der Waals surface area contributed by atoms with Crippen molar-refractivity contribution < 1.29 is 80.7 Å². The van der Waals surface area contributed by atoms with Crippen molar-refractivity contribution in [1.82, 2.24) is 51.2 Å². The third-order valence-corrected chi connectivity index (χ3v) is 17.5. The van der Waals surface area contributed by atoms with Gasteiger partial charge in [-0.2, -0.15) is 10.5 Å². The number of aliphatic imine (C=N–C) groups is 1. The second-order valence-corrected chi connectivity index (χ2v) is 25.3. The minimum atomic E-state index is -3.23. The highest BCUT2D eigenvalue weighted by Crippen LogP contribution is 2.34. The van der Waals surface area contributed by atoms with Gasteiger partial charge in [0.2, 0.25) is 17.7 Å². The van der Waals surface area contributed by atoms with Crippen LogP contribution in [0, 0.1) is 22.7 Å². The molecule has 2 fully saturated rings. The maximum atomic E-state index is 13.9. The van der Waals surface area contributed by atoms with Crippen LogP contribution in [0.25, 0.3) is 16.5 Å². The van der Waals surface area contributed by atoms with Crippen LogP contribution in [0.4, 0.5) is 46.0 Å². The summed E-state index contributed by atoms with van der Waals surface area (Å²) in [5.74, 6) is -12.9. The average Bonchev–Trinajstić information content (AvgIpc) is 1.20. The standard InChI is InChI=1S/C70H85F4N17O17/c1-3-46(66(103)86-36-54(93)90-40-69(71,72)32-42(90)34-75)48-30-44(8-10-50(48)77-2)107-28-6-5-16-83-59-61(65(102)63(59)100)85-22-24-88(23-20-78-38-56(95)96)26-27-89(39-57(97)98)25-21-80-52(68(105)106)12-13-53(92)81-18-19-84-60-58(62(99)64(60)101)82-15-4-7-29-108-45-9-11-51-49(31-45)47(14-17-79-51)67(104)87-37-55(94)91-41-70(73,74)33-43(91)35-76/h3,8-11,14,17,30-31,42-43,52,78,80,82-85H,2,4-7,12-13,15-16,18-29,32-33,36-41H2,1H3,(H,81,92)(H,86,103)(H,87,104)(H,95,96)(H,97,98)(H,105,106)/b46-3+/t42-,43-,52?/m0/s1. The number of carboxylic acids is 3. The van der Waals surface area contributed by atoms with Crippen molar-refractivity contribution >= 4 is 99.1 Å². The number of nitriles is 2. The van der Waals surface area contributed by atoms with Gasteiger partial charge in [-0.25, -0.2) is 17.6 Å². The molecule has 38 heteroatoms. The van der Waals surface area contributed by atoms with Gasteiger partial charge in [0, 0.05) is 121 Å². The molecule has 3 atom stereocenters. The number of amides is 5. The Kier molecular flexibility index (Phi) is 31.3.